The van der Waals surface area contributed by atoms with E-state index in [0.717, 1.165) is 17.8 Å². The molecule has 4 fully saturated rings. The van der Waals surface area contributed by atoms with Crippen LogP contribution >= 0.6 is 0 Å². The summed E-state index contributed by atoms with van der Waals surface area (Å²) >= 11 is 0. The number of hydrogen-bond donors (Lipinski definition) is 1. The Morgan fingerprint density at radius 1 is 1.27 bits per heavy atom. The smallest absolute Gasteiger partial charge is 0.311 e. The Hall–Kier alpha value is -1.65. The van der Waals surface area contributed by atoms with Crippen LogP contribution in [0, 0.1) is 33.3 Å². The minimum atomic E-state index is -0.345. The first-order valence-electron chi connectivity index (χ1n) is 8.42. The van der Waals surface area contributed by atoms with Crippen molar-refractivity contribution in [3.05, 3.63) is 28.4 Å². The monoisotopic (exact) mass is 301 g/mol. The van der Waals surface area contributed by atoms with E-state index in [-0.39, 0.29) is 16.7 Å². The Labute approximate surface area is 130 Å². The first kappa shape index (κ1) is 14.0. The van der Waals surface area contributed by atoms with Crippen molar-refractivity contribution >= 4 is 11.5 Å². The predicted molar refractivity (Wildman–Crippen MR) is 84.6 cm³/mol. The lowest BCUT2D eigenvalue weighted by Crippen LogP contribution is -2.53. The van der Waals surface area contributed by atoms with Crippen molar-refractivity contribution in [2.45, 2.75) is 51.5 Å². The van der Waals surface area contributed by atoms with Gasteiger partial charge in [-0.05, 0) is 74.7 Å². The minimum Gasteiger partial charge on any atom is -0.361 e. The van der Waals surface area contributed by atoms with Crippen LogP contribution in [0.5, 0.6) is 0 Å². The molecule has 4 aliphatic rings. The first-order chi connectivity index (χ1) is 10.6. The van der Waals surface area contributed by atoms with Gasteiger partial charge in [-0.3, -0.25) is 10.1 Å². The van der Waals surface area contributed by atoms with Crippen molar-refractivity contribution in [1.82, 2.24) is 4.98 Å². The van der Waals surface area contributed by atoms with Gasteiger partial charge in [0.2, 0.25) is 5.82 Å². The van der Waals surface area contributed by atoms with Crippen LogP contribution in [-0.2, 0) is 0 Å². The van der Waals surface area contributed by atoms with E-state index < -0.39 is 0 Å². The molecular weight excluding hydrogens is 278 g/mol. The zero-order valence-electron chi connectivity index (χ0n) is 13.0. The molecule has 0 amide bonds. The second kappa shape index (κ2) is 4.93. The van der Waals surface area contributed by atoms with Crippen molar-refractivity contribution in [1.29, 1.82) is 0 Å². The molecule has 22 heavy (non-hydrogen) atoms. The molecule has 4 saturated carbocycles. The number of rotatable bonds is 4. The second-order valence-electron chi connectivity index (χ2n) is 7.77. The Kier molecular flexibility index (Phi) is 3.13. The van der Waals surface area contributed by atoms with Gasteiger partial charge in [-0.1, -0.05) is 0 Å². The van der Waals surface area contributed by atoms with E-state index in [0.29, 0.717) is 11.2 Å². The number of aromatic nitrogens is 1. The van der Waals surface area contributed by atoms with Crippen LogP contribution in [0.1, 0.15) is 45.4 Å². The predicted octanol–water partition coefficient (Wildman–Crippen LogP) is 4.01. The van der Waals surface area contributed by atoms with Crippen LogP contribution in [0.2, 0.25) is 0 Å². The molecule has 1 heterocycles. The highest BCUT2D eigenvalue weighted by Crippen LogP contribution is 2.61. The molecule has 4 bridgehead atoms. The third-order valence-corrected chi connectivity index (χ3v) is 6.34. The van der Waals surface area contributed by atoms with Crippen LogP contribution in [0.3, 0.4) is 0 Å². The van der Waals surface area contributed by atoms with Crippen molar-refractivity contribution < 1.29 is 4.92 Å². The molecule has 1 N–H and O–H groups in total. The molecule has 0 aromatic carbocycles. The maximum Gasteiger partial charge on any atom is 0.311 e. The molecule has 118 valence electrons. The van der Waals surface area contributed by atoms with Gasteiger partial charge in [0.25, 0.3) is 0 Å². The maximum atomic E-state index is 11.2. The summed E-state index contributed by atoms with van der Waals surface area (Å²) in [4.78, 5) is 15.0. The second-order valence-corrected chi connectivity index (χ2v) is 7.77. The lowest BCUT2D eigenvalue weighted by atomic mass is 9.48. The number of nitro groups is 1. The summed E-state index contributed by atoms with van der Waals surface area (Å²) in [7, 11) is 0. The highest BCUT2D eigenvalue weighted by Gasteiger charge is 2.53. The summed E-state index contributed by atoms with van der Waals surface area (Å²) in [5.41, 5.74) is 0.402. The molecule has 5 nitrogen and oxygen atoms in total. The van der Waals surface area contributed by atoms with Gasteiger partial charge in [0.1, 0.15) is 0 Å². The Bertz CT molecular complexity index is 566. The zero-order valence-corrected chi connectivity index (χ0v) is 13.0. The number of hydrogen-bond acceptors (Lipinski definition) is 4. The normalized spacial score (nSPS) is 37.0. The molecule has 1 atom stereocenters. The molecule has 0 aliphatic heterocycles. The number of pyridine rings is 1. The van der Waals surface area contributed by atoms with E-state index in [1.165, 1.54) is 44.6 Å². The highest BCUT2D eigenvalue weighted by molar-refractivity contribution is 5.55. The quantitative estimate of drug-likeness (QED) is 0.674. The van der Waals surface area contributed by atoms with Crippen molar-refractivity contribution in [2.24, 2.45) is 23.2 Å². The summed E-state index contributed by atoms with van der Waals surface area (Å²) in [5.74, 6) is 3.08. The average Bonchev–Trinajstić information content (AvgIpc) is 2.46. The molecule has 5 heteroatoms. The van der Waals surface area contributed by atoms with Crippen molar-refractivity contribution in [2.75, 3.05) is 5.32 Å². The van der Waals surface area contributed by atoms with Crippen LogP contribution in [0.15, 0.2) is 18.3 Å². The molecule has 4 aliphatic carbocycles. The van der Waals surface area contributed by atoms with Gasteiger partial charge in [0.05, 0.1) is 4.92 Å². The Morgan fingerprint density at radius 2 is 1.86 bits per heavy atom. The van der Waals surface area contributed by atoms with Gasteiger partial charge in [0.15, 0.2) is 0 Å². The summed E-state index contributed by atoms with van der Waals surface area (Å²) in [6, 6.07) is 3.40. The van der Waals surface area contributed by atoms with E-state index in [1.54, 1.807) is 12.3 Å². The van der Waals surface area contributed by atoms with Crippen molar-refractivity contribution in [3.63, 3.8) is 0 Å². The molecule has 1 aromatic rings. The minimum absolute atomic E-state index is 0.0825. The first-order valence-corrected chi connectivity index (χ1v) is 8.42. The van der Waals surface area contributed by atoms with E-state index in [1.807, 2.05) is 0 Å². The average molecular weight is 301 g/mol. The molecule has 0 spiro atoms. The summed E-state index contributed by atoms with van der Waals surface area (Å²) in [5, 5.41) is 14.6. The highest BCUT2D eigenvalue weighted by atomic mass is 16.6. The Balaban J connectivity index is 1.58. The van der Waals surface area contributed by atoms with Gasteiger partial charge in [-0.2, -0.15) is 0 Å². The van der Waals surface area contributed by atoms with Crippen LogP contribution < -0.4 is 5.32 Å². The third-order valence-electron chi connectivity index (χ3n) is 6.34. The third kappa shape index (κ3) is 2.18. The number of anilines is 1. The van der Waals surface area contributed by atoms with E-state index in [2.05, 4.69) is 17.2 Å². The van der Waals surface area contributed by atoms with Gasteiger partial charge >= 0.3 is 5.69 Å². The molecule has 0 radical (unpaired) electrons. The SMILES string of the molecule is C[C@@H](Nc1ncccc1[N+](=O)[O-])C12CC3CC(CC(C3)C1)C2. The van der Waals surface area contributed by atoms with Crippen LogP contribution in [0.25, 0.3) is 0 Å². The maximum absolute atomic E-state index is 11.2. The fraction of sp³-hybridized carbons (Fsp3) is 0.706. The molecular formula is C17H23N3O2. The standard InChI is InChI=1S/C17H23N3O2/c1-11(19-16-15(20(21)22)3-2-4-18-16)17-8-12-5-13(9-17)7-14(6-12)10-17/h2-4,11-14H,5-10H2,1H3,(H,18,19)/t11-,12?,13?,14?,17?/m1/s1. The zero-order chi connectivity index (χ0) is 15.3. The van der Waals surface area contributed by atoms with Gasteiger partial charge in [-0.25, -0.2) is 4.98 Å². The van der Waals surface area contributed by atoms with E-state index in [9.17, 15) is 10.1 Å². The molecule has 0 saturated heterocycles. The van der Waals surface area contributed by atoms with Crippen LogP contribution in [0.4, 0.5) is 11.5 Å². The number of nitrogens with zero attached hydrogens (tertiary/aromatic N) is 2. The van der Waals surface area contributed by atoms with Gasteiger partial charge in [0, 0.05) is 18.3 Å². The molecule has 1 aromatic heterocycles. The largest absolute Gasteiger partial charge is 0.361 e. The lowest BCUT2D eigenvalue weighted by Gasteiger charge is -2.59. The lowest BCUT2D eigenvalue weighted by molar-refractivity contribution is -0.384. The van der Waals surface area contributed by atoms with Gasteiger partial charge < -0.3 is 5.32 Å². The van der Waals surface area contributed by atoms with E-state index >= 15 is 0 Å². The fourth-order valence-electron chi connectivity index (χ4n) is 5.72. The summed E-state index contributed by atoms with van der Waals surface area (Å²) in [6.07, 6.45) is 9.72. The summed E-state index contributed by atoms with van der Waals surface area (Å²) < 4.78 is 0. The Morgan fingerprint density at radius 3 is 2.41 bits per heavy atom. The van der Waals surface area contributed by atoms with Crippen LogP contribution in [-0.4, -0.2) is 15.9 Å². The summed E-state index contributed by atoms with van der Waals surface area (Å²) in [6.45, 7) is 2.20. The fourth-order valence-corrected chi connectivity index (χ4v) is 5.72. The van der Waals surface area contributed by atoms with Gasteiger partial charge in [-0.15, -0.1) is 0 Å². The molecule has 0 unspecified atom stereocenters. The molecule has 5 rings (SSSR count). The number of nitrogens with one attached hydrogen (secondary N) is 1. The van der Waals surface area contributed by atoms with E-state index in [4.69, 9.17) is 0 Å². The topological polar surface area (TPSA) is 68.1 Å². The van der Waals surface area contributed by atoms with Crippen molar-refractivity contribution in [3.8, 4) is 0 Å².